The fraction of sp³-hybridized carbons (Fsp3) is 0.200. The first kappa shape index (κ1) is 32.0. The molecule has 5 aromatic rings. The van der Waals surface area contributed by atoms with Crippen LogP contribution in [-0.2, 0) is 25.7 Å². The molecule has 0 aromatic carbocycles. The van der Waals surface area contributed by atoms with Crippen LogP contribution >= 0.6 is 0 Å². The van der Waals surface area contributed by atoms with E-state index in [1.165, 1.54) is 22.3 Å². The summed E-state index contributed by atoms with van der Waals surface area (Å²) >= 11 is 0. The predicted molar refractivity (Wildman–Crippen MR) is 192 cm³/mol. The second-order valence-electron chi connectivity index (χ2n) is 10.8. The Morgan fingerprint density at radius 2 is 0.609 bits per heavy atom. The van der Waals surface area contributed by atoms with Crippen molar-refractivity contribution in [3.8, 4) is 0 Å². The molecule has 5 heterocycles. The second kappa shape index (κ2) is 16.1. The van der Waals surface area contributed by atoms with E-state index in [4.69, 9.17) is 9.97 Å². The van der Waals surface area contributed by atoms with Gasteiger partial charge in [-0.2, -0.15) is 0 Å². The van der Waals surface area contributed by atoms with Crippen LogP contribution in [0.25, 0.3) is 48.6 Å². The Morgan fingerprint density at radius 3 is 0.826 bits per heavy atom. The molecule has 0 atom stereocenters. The average Bonchev–Trinajstić information content (AvgIpc) is 3.12. The number of aryl methyl sites for hydroxylation is 4. The molecule has 6 nitrogen and oxygen atoms in total. The van der Waals surface area contributed by atoms with E-state index in [2.05, 4.69) is 96.2 Å². The van der Waals surface area contributed by atoms with Gasteiger partial charge in [-0.25, -0.2) is 9.97 Å². The van der Waals surface area contributed by atoms with Crippen LogP contribution in [-0.4, -0.2) is 29.9 Å². The van der Waals surface area contributed by atoms with Crippen molar-refractivity contribution < 1.29 is 0 Å². The summed E-state index contributed by atoms with van der Waals surface area (Å²) in [6, 6.07) is 8.24. The van der Waals surface area contributed by atoms with E-state index in [9.17, 15) is 0 Å². The average molecular weight is 605 g/mol. The summed E-state index contributed by atoms with van der Waals surface area (Å²) in [4.78, 5) is 27.9. The van der Waals surface area contributed by atoms with Gasteiger partial charge in [0, 0.05) is 49.6 Å². The van der Waals surface area contributed by atoms with Crippen LogP contribution in [0.4, 0.5) is 0 Å². The lowest BCUT2D eigenvalue weighted by Crippen LogP contribution is -2.00. The molecule has 0 saturated carbocycles. The smallest absolute Gasteiger partial charge is 0.0894 e. The Labute approximate surface area is 272 Å². The molecule has 0 N–H and O–H groups in total. The molecule has 46 heavy (non-hydrogen) atoms. The zero-order valence-corrected chi connectivity index (χ0v) is 27.1. The molecule has 0 fully saturated rings. The SMILES string of the molecule is CCc1ccncc1C=Cc1nc(C=Cc2cnccc2CC)c(C=Cc2cnccc2CC)nc1C=Cc1cnccc1CC. The summed E-state index contributed by atoms with van der Waals surface area (Å²) in [7, 11) is 0. The van der Waals surface area contributed by atoms with Crippen LogP contribution in [0.5, 0.6) is 0 Å². The topological polar surface area (TPSA) is 77.3 Å². The molecule has 5 aromatic heterocycles. The van der Waals surface area contributed by atoms with Gasteiger partial charge < -0.3 is 0 Å². The van der Waals surface area contributed by atoms with E-state index >= 15 is 0 Å². The first-order valence-electron chi connectivity index (χ1n) is 16.0. The number of hydrogen-bond acceptors (Lipinski definition) is 6. The van der Waals surface area contributed by atoms with E-state index in [0.717, 1.165) is 70.7 Å². The maximum Gasteiger partial charge on any atom is 0.0894 e. The lowest BCUT2D eigenvalue weighted by molar-refractivity contribution is 1.10. The van der Waals surface area contributed by atoms with Gasteiger partial charge in [-0.3, -0.25) is 19.9 Å². The van der Waals surface area contributed by atoms with Crippen LogP contribution in [0.15, 0.2) is 73.8 Å². The quantitative estimate of drug-likeness (QED) is 0.141. The number of pyridine rings is 4. The van der Waals surface area contributed by atoms with E-state index in [1.54, 1.807) is 0 Å². The van der Waals surface area contributed by atoms with Crippen LogP contribution < -0.4 is 0 Å². The van der Waals surface area contributed by atoms with Crippen molar-refractivity contribution in [2.75, 3.05) is 0 Å². The monoisotopic (exact) mass is 604 g/mol. The summed E-state index contributed by atoms with van der Waals surface area (Å²) in [5.74, 6) is 0. The third-order valence-corrected chi connectivity index (χ3v) is 8.00. The van der Waals surface area contributed by atoms with Gasteiger partial charge >= 0.3 is 0 Å². The molecule has 0 saturated heterocycles. The molecule has 230 valence electrons. The molecule has 5 rings (SSSR count). The summed E-state index contributed by atoms with van der Waals surface area (Å²) in [6.45, 7) is 8.61. The van der Waals surface area contributed by atoms with Gasteiger partial charge in [0.15, 0.2) is 0 Å². The zero-order chi connectivity index (χ0) is 32.1. The van der Waals surface area contributed by atoms with E-state index in [0.29, 0.717) is 0 Å². The zero-order valence-electron chi connectivity index (χ0n) is 27.1. The van der Waals surface area contributed by atoms with Gasteiger partial charge in [0.2, 0.25) is 0 Å². The minimum Gasteiger partial charge on any atom is -0.264 e. The summed E-state index contributed by atoms with van der Waals surface area (Å²) in [5.41, 5.74) is 12.2. The van der Waals surface area contributed by atoms with Crippen molar-refractivity contribution in [3.63, 3.8) is 0 Å². The Morgan fingerprint density at radius 1 is 0.370 bits per heavy atom. The molecule has 0 aliphatic carbocycles. The van der Waals surface area contributed by atoms with Crippen molar-refractivity contribution in [1.29, 1.82) is 0 Å². The molecule has 0 unspecified atom stereocenters. The highest BCUT2D eigenvalue weighted by atomic mass is 14.8. The summed E-state index contributed by atoms with van der Waals surface area (Å²) < 4.78 is 0. The Hall–Kier alpha value is -5.36. The summed E-state index contributed by atoms with van der Waals surface area (Å²) in [5, 5.41) is 0. The highest BCUT2D eigenvalue weighted by Crippen LogP contribution is 2.22. The van der Waals surface area contributed by atoms with Gasteiger partial charge in [-0.05, 0) is 119 Å². The molecular weight excluding hydrogens is 564 g/mol. The van der Waals surface area contributed by atoms with E-state index in [1.807, 2.05) is 73.9 Å². The van der Waals surface area contributed by atoms with Gasteiger partial charge in [0.25, 0.3) is 0 Å². The molecule has 0 amide bonds. The molecular formula is C40H40N6. The largest absolute Gasteiger partial charge is 0.264 e. The lowest BCUT2D eigenvalue weighted by atomic mass is 10.0. The molecule has 0 aliphatic heterocycles. The highest BCUT2D eigenvalue weighted by Gasteiger charge is 2.10. The molecule has 0 radical (unpaired) electrons. The van der Waals surface area contributed by atoms with Crippen LogP contribution in [0.3, 0.4) is 0 Å². The molecule has 0 spiro atoms. The van der Waals surface area contributed by atoms with Crippen molar-refractivity contribution in [2.45, 2.75) is 53.4 Å². The lowest BCUT2D eigenvalue weighted by Gasteiger charge is -2.09. The van der Waals surface area contributed by atoms with Gasteiger partial charge in [0.05, 0.1) is 22.8 Å². The fourth-order valence-electron chi connectivity index (χ4n) is 5.28. The van der Waals surface area contributed by atoms with Crippen molar-refractivity contribution >= 4 is 48.6 Å². The standard InChI is InChI=1S/C40H40N6/c1-5-29-17-21-41-25-33(29)9-13-37-38(14-10-34-26-42-22-18-30(34)6-2)46-40(16-12-36-28-44-24-20-32(36)8-4)39(45-37)15-11-35-27-43-23-19-31(35)7-3/h9-28H,5-8H2,1-4H3. The number of hydrogen-bond donors (Lipinski definition) is 0. The molecule has 0 aliphatic rings. The Kier molecular flexibility index (Phi) is 11.2. The first-order chi connectivity index (χ1) is 22.6. The normalized spacial score (nSPS) is 11.9. The Bertz CT molecular complexity index is 1630. The minimum atomic E-state index is 0.762. The number of rotatable bonds is 12. The van der Waals surface area contributed by atoms with Crippen molar-refractivity contribution in [1.82, 2.24) is 29.9 Å². The van der Waals surface area contributed by atoms with Gasteiger partial charge in [-0.15, -0.1) is 0 Å². The maximum absolute atomic E-state index is 5.21. The van der Waals surface area contributed by atoms with Gasteiger partial charge in [-0.1, -0.05) is 52.0 Å². The Balaban J connectivity index is 1.68. The summed E-state index contributed by atoms with van der Waals surface area (Å²) in [6.07, 6.45) is 35.1. The predicted octanol–water partition coefficient (Wildman–Crippen LogP) is 8.99. The van der Waals surface area contributed by atoms with Crippen molar-refractivity contribution in [2.24, 2.45) is 0 Å². The number of nitrogens with zero attached hydrogens (tertiary/aromatic N) is 6. The highest BCUT2D eigenvalue weighted by molar-refractivity contribution is 5.82. The van der Waals surface area contributed by atoms with Crippen LogP contribution in [0.2, 0.25) is 0 Å². The third kappa shape index (κ3) is 8.02. The maximum atomic E-state index is 5.21. The first-order valence-corrected chi connectivity index (χ1v) is 16.0. The minimum absolute atomic E-state index is 0.762. The second-order valence-corrected chi connectivity index (χ2v) is 10.8. The van der Waals surface area contributed by atoms with E-state index in [-0.39, 0.29) is 0 Å². The number of aromatic nitrogens is 6. The van der Waals surface area contributed by atoms with E-state index < -0.39 is 0 Å². The molecule has 6 heteroatoms. The fourth-order valence-corrected chi connectivity index (χ4v) is 5.28. The van der Waals surface area contributed by atoms with Gasteiger partial charge in [0.1, 0.15) is 0 Å². The molecule has 0 bridgehead atoms. The third-order valence-electron chi connectivity index (χ3n) is 8.00. The van der Waals surface area contributed by atoms with Crippen LogP contribution in [0, 0.1) is 0 Å². The van der Waals surface area contributed by atoms with Crippen molar-refractivity contribution in [3.05, 3.63) is 141 Å². The van der Waals surface area contributed by atoms with Crippen LogP contribution in [0.1, 0.15) is 95.0 Å².